The molecule has 1 radical (unpaired) electrons. The van der Waals surface area contributed by atoms with Gasteiger partial charge in [0.2, 0.25) is 5.91 Å². The Kier molecular flexibility index (Phi) is 6.02. The lowest BCUT2D eigenvalue weighted by Crippen LogP contribution is -2.36. The van der Waals surface area contributed by atoms with Crippen molar-refractivity contribution in [2.24, 2.45) is 4.99 Å². The molecule has 10 heteroatoms. The summed E-state index contributed by atoms with van der Waals surface area (Å²) in [6.45, 7) is 4.01. The van der Waals surface area contributed by atoms with Crippen molar-refractivity contribution in [3.63, 3.8) is 0 Å². The van der Waals surface area contributed by atoms with Crippen molar-refractivity contribution in [2.75, 3.05) is 0 Å². The molecule has 3 atom stereocenters. The first kappa shape index (κ1) is 22.6. The lowest BCUT2D eigenvalue weighted by Gasteiger charge is -2.26. The van der Waals surface area contributed by atoms with Crippen LogP contribution >= 0.6 is 0 Å². The van der Waals surface area contributed by atoms with Crippen LogP contribution in [0.5, 0.6) is 0 Å². The molecule has 1 aliphatic rings. The van der Waals surface area contributed by atoms with Crippen molar-refractivity contribution < 1.29 is 26.7 Å². The molecule has 2 heterocycles. The van der Waals surface area contributed by atoms with Crippen LogP contribution in [-0.2, 0) is 11.0 Å². The third-order valence-corrected chi connectivity index (χ3v) is 5.19. The van der Waals surface area contributed by atoms with Crippen LogP contribution in [0.1, 0.15) is 66.7 Å². The number of hydrogen-bond donors (Lipinski definition) is 2. The average Bonchev–Trinajstić information content (AvgIpc) is 2.65. The van der Waals surface area contributed by atoms with Crippen molar-refractivity contribution in [1.82, 2.24) is 10.3 Å². The fourth-order valence-electron chi connectivity index (χ4n) is 3.66. The summed E-state index contributed by atoms with van der Waals surface area (Å²) in [5.74, 6) is -4.14. The second kappa shape index (κ2) is 8.24. The second-order valence-electron chi connectivity index (χ2n) is 7.33. The van der Waals surface area contributed by atoms with Gasteiger partial charge in [-0.05, 0) is 26.8 Å². The number of alkyl halides is 3. The first-order valence-corrected chi connectivity index (χ1v) is 9.41. The van der Waals surface area contributed by atoms with Crippen LogP contribution in [-0.4, -0.2) is 17.1 Å². The second-order valence-corrected chi connectivity index (χ2v) is 7.33. The van der Waals surface area contributed by atoms with E-state index < -0.39 is 58.4 Å². The predicted molar refractivity (Wildman–Crippen MR) is 104 cm³/mol. The molecule has 5 nitrogen and oxygen atoms in total. The first-order chi connectivity index (χ1) is 14.4. The van der Waals surface area contributed by atoms with Crippen molar-refractivity contribution in [1.29, 1.82) is 0 Å². The van der Waals surface area contributed by atoms with E-state index in [-0.39, 0.29) is 16.8 Å². The Morgan fingerprint density at radius 2 is 1.90 bits per heavy atom. The van der Waals surface area contributed by atoms with Gasteiger partial charge in [0.05, 0.1) is 23.6 Å². The first-order valence-electron chi connectivity index (χ1n) is 9.41. The number of halogens is 5. The number of pyridine rings is 1. The fraction of sp³-hybridized carbons (Fsp3) is 0.333. The Labute approximate surface area is 174 Å². The van der Waals surface area contributed by atoms with E-state index in [2.05, 4.69) is 15.3 Å². The van der Waals surface area contributed by atoms with Crippen LogP contribution in [0.3, 0.4) is 0 Å². The van der Waals surface area contributed by atoms with Gasteiger partial charge in [-0.3, -0.25) is 14.6 Å². The van der Waals surface area contributed by atoms with E-state index in [9.17, 15) is 31.5 Å². The third kappa shape index (κ3) is 4.38. The number of carbonyl (C=O) groups is 1. The van der Waals surface area contributed by atoms with E-state index in [1.54, 1.807) is 0 Å². The number of nitrogens with one attached hydrogen (secondary N) is 2. The van der Waals surface area contributed by atoms with Crippen LogP contribution in [0.4, 0.5) is 22.0 Å². The standard InChI is InChI=1S/C21H19F5N3O2/c1-9(19(30)28-10(2)13-5-4-12(22)8-14(13)23)16-18(21(24,25)26)17-11(3)27-7-6-15(17)29-20(16)31/h4-11H,1-3H3,(H,28,30)(H,29,31)/t9-,10+,11?/m1/s1. The van der Waals surface area contributed by atoms with Gasteiger partial charge in [0.15, 0.2) is 0 Å². The highest BCUT2D eigenvalue weighted by Crippen LogP contribution is 2.41. The van der Waals surface area contributed by atoms with Crippen LogP contribution in [0.25, 0.3) is 0 Å². The molecule has 0 spiro atoms. The zero-order valence-corrected chi connectivity index (χ0v) is 16.8. The molecule has 3 rings (SSSR count). The van der Waals surface area contributed by atoms with Crippen molar-refractivity contribution in [3.05, 3.63) is 74.6 Å². The molecule has 0 aliphatic carbocycles. The SMILES string of the molecule is CC1N=C[CH]c2[nH]c(=O)c([C@@H](C)C(=O)N[C@@H](C)c3ccc(F)cc3F)c(C(F)(F)F)c21. The van der Waals surface area contributed by atoms with Gasteiger partial charge in [0, 0.05) is 41.1 Å². The molecule has 1 unspecified atom stereocenters. The molecular weight excluding hydrogens is 421 g/mol. The number of aromatic nitrogens is 1. The van der Waals surface area contributed by atoms with E-state index in [1.807, 2.05) is 0 Å². The van der Waals surface area contributed by atoms with E-state index in [0.29, 0.717) is 6.07 Å². The molecule has 0 fully saturated rings. The molecule has 2 aromatic rings. The molecule has 1 amide bonds. The molecule has 165 valence electrons. The number of carbonyl (C=O) groups excluding carboxylic acids is 1. The van der Waals surface area contributed by atoms with Gasteiger partial charge in [0.1, 0.15) is 11.6 Å². The zero-order valence-electron chi connectivity index (χ0n) is 16.8. The Balaban J connectivity index is 2.01. The number of hydrogen-bond acceptors (Lipinski definition) is 3. The van der Waals surface area contributed by atoms with Crippen LogP contribution in [0, 0.1) is 18.1 Å². The summed E-state index contributed by atoms with van der Waals surface area (Å²) >= 11 is 0. The number of aromatic amines is 1. The minimum atomic E-state index is -4.91. The third-order valence-electron chi connectivity index (χ3n) is 5.19. The number of nitrogens with zero attached hydrogens (tertiary/aromatic N) is 1. The minimum Gasteiger partial charge on any atom is -0.349 e. The van der Waals surface area contributed by atoms with Gasteiger partial charge in [-0.25, -0.2) is 8.78 Å². The van der Waals surface area contributed by atoms with E-state index >= 15 is 0 Å². The summed E-state index contributed by atoms with van der Waals surface area (Å²) in [5.41, 5.74) is -3.27. The summed E-state index contributed by atoms with van der Waals surface area (Å²) in [4.78, 5) is 31.6. The van der Waals surface area contributed by atoms with Crippen LogP contribution < -0.4 is 10.9 Å². The minimum absolute atomic E-state index is 0.0158. The van der Waals surface area contributed by atoms with Gasteiger partial charge in [-0.2, -0.15) is 13.2 Å². The molecule has 1 aromatic heterocycles. The van der Waals surface area contributed by atoms with E-state index in [1.165, 1.54) is 26.5 Å². The Hall–Kier alpha value is -3.04. The highest BCUT2D eigenvalue weighted by atomic mass is 19.4. The number of benzene rings is 1. The van der Waals surface area contributed by atoms with Gasteiger partial charge >= 0.3 is 6.18 Å². The highest BCUT2D eigenvalue weighted by molar-refractivity contribution is 5.84. The van der Waals surface area contributed by atoms with Gasteiger partial charge in [-0.1, -0.05) is 6.07 Å². The maximum absolute atomic E-state index is 14.0. The van der Waals surface area contributed by atoms with Crippen LogP contribution in [0.2, 0.25) is 0 Å². The zero-order chi connectivity index (χ0) is 23.1. The molecule has 0 saturated heterocycles. The normalized spacial score (nSPS) is 17.7. The van der Waals surface area contributed by atoms with Crippen molar-refractivity contribution in [2.45, 2.75) is 44.9 Å². The predicted octanol–water partition coefficient (Wildman–Crippen LogP) is 4.35. The van der Waals surface area contributed by atoms with Crippen molar-refractivity contribution in [3.8, 4) is 0 Å². The maximum atomic E-state index is 14.0. The number of rotatable bonds is 4. The van der Waals surface area contributed by atoms with Gasteiger partial charge in [0.25, 0.3) is 5.56 Å². The van der Waals surface area contributed by atoms with Crippen molar-refractivity contribution >= 4 is 12.1 Å². The number of H-pyrrole nitrogens is 1. The molecular formula is C21H19F5N3O2. The lowest BCUT2D eigenvalue weighted by molar-refractivity contribution is -0.139. The summed E-state index contributed by atoms with van der Waals surface area (Å²) in [7, 11) is 0. The molecule has 31 heavy (non-hydrogen) atoms. The largest absolute Gasteiger partial charge is 0.417 e. The highest BCUT2D eigenvalue weighted by Gasteiger charge is 2.43. The lowest BCUT2D eigenvalue weighted by atomic mass is 9.87. The number of aliphatic imine (C=N–C) groups is 1. The summed E-state index contributed by atoms with van der Waals surface area (Å²) in [6, 6.07) is 0.908. The van der Waals surface area contributed by atoms with E-state index in [4.69, 9.17) is 0 Å². The summed E-state index contributed by atoms with van der Waals surface area (Å²) < 4.78 is 69.1. The maximum Gasteiger partial charge on any atom is 0.417 e. The van der Waals surface area contributed by atoms with Crippen LogP contribution in [0.15, 0.2) is 28.0 Å². The number of amides is 1. The topological polar surface area (TPSA) is 74.3 Å². The summed E-state index contributed by atoms with van der Waals surface area (Å²) in [6.07, 6.45) is -2.34. The molecule has 2 N–H and O–H groups in total. The molecule has 1 aliphatic heterocycles. The van der Waals surface area contributed by atoms with Gasteiger partial charge < -0.3 is 10.3 Å². The Morgan fingerprint density at radius 1 is 1.23 bits per heavy atom. The Morgan fingerprint density at radius 3 is 2.52 bits per heavy atom. The monoisotopic (exact) mass is 440 g/mol. The number of fused-ring (bicyclic) bond motifs is 1. The van der Waals surface area contributed by atoms with E-state index in [0.717, 1.165) is 19.1 Å². The molecule has 1 aromatic carbocycles. The van der Waals surface area contributed by atoms with Gasteiger partial charge in [-0.15, -0.1) is 0 Å². The fourth-order valence-corrected chi connectivity index (χ4v) is 3.66. The smallest absolute Gasteiger partial charge is 0.349 e. The quantitative estimate of drug-likeness (QED) is 0.694. The Bertz CT molecular complexity index is 1110. The molecule has 0 bridgehead atoms. The average molecular weight is 440 g/mol. The molecule has 0 saturated carbocycles. The summed E-state index contributed by atoms with van der Waals surface area (Å²) in [5, 5.41) is 2.39.